The Balaban J connectivity index is 1.78. The molecule has 28 heavy (non-hydrogen) atoms. The van der Waals surface area contributed by atoms with E-state index in [1.807, 2.05) is 37.3 Å². The van der Waals surface area contributed by atoms with Crippen LogP contribution in [0.3, 0.4) is 0 Å². The highest BCUT2D eigenvalue weighted by molar-refractivity contribution is 7.17. The van der Waals surface area contributed by atoms with E-state index in [-0.39, 0.29) is 0 Å². The molecule has 0 saturated heterocycles. The number of hydrogen-bond acceptors (Lipinski definition) is 6. The summed E-state index contributed by atoms with van der Waals surface area (Å²) in [6, 6.07) is 12.9. The number of pyridine rings is 2. The lowest BCUT2D eigenvalue weighted by Crippen LogP contribution is -2.49. The van der Waals surface area contributed by atoms with Crippen molar-refractivity contribution in [1.29, 1.82) is 0 Å². The Morgan fingerprint density at radius 2 is 1.89 bits per heavy atom. The summed E-state index contributed by atoms with van der Waals surface area (Å²) < 4.78 is 0. The standard InChI is InChI=1S/C20H20N4O3S/c1-12-9-10-21-17(11-12)23-16-6-4-5-13(22-16)14-7-8-15(28-14)18(25)24-20(2,3)19(26)27/h4-11H,1-3H3,(H,24,25)(H,26,27)(H,21,22,23). The van der Waals surface area contributed by atoms with Gasteiger partial charge in [0.25, 0.3) is 5.91 Å². The van der Waals surface area contributed by atoms with E-state index < -0.39 is 17.4 Å². The number of hydrogen-bond donors (Lipinski definition) is 3. The molecule has 3 heterocycles. The smallest absolute Gasteiger partial charge is 0.328 e. The van der Waals surface area contributed by atoms with Gasteiger partial charge >= 0.3 is 5.97 Å². The molecule has 3 aromatic rings. The predicted octanol–water partition coefficient (Wildman–Crippen LogP) is 3.85. The van der Waals surface area contributed by atoms with Crippen molar-refractivity contribution in [3.05, 3.63) is 59.1 Å². The number of anilines is 2. The van der Waals surface area contributed by atoms with Gasteiger partial charge < -0.3 is 15.7 Å². The van der Waals surface area contributed by atoms with Crippen LogP contribution in [0.1, 0.15) is 29.1 Å². The molecule has 0 atom stereocenters. The number of amides is 1. The molecule has 144 valence electrons. The van der Waals surface area contributed by atoms with Gasteiger partial charge in [-0.05, 0) is 62.7 Å². The van der Waals surface area contributed by atoms with Crippen LogP contribution in [0.2, 0.25) is 0 Å². The molecule has 0 unspecified atom stereocenters. The van der Waals surface area contributed by atoms with Gasteiger partial charge in [-0.2, -0.15) is 0 Å². The second-order valence-electron chi connectivity index (χ2n) is 6.80. The van der Waals surface area contributed by atoms with Crippen molar-refractivity contribution in [2.75, 3.05) is 5.32 Å². The minimum Gasteiger partial charge on any atom is -0.480 e. The summed E-state index contributed by atoms with van der Waals surface area (Å²) >= 11 is 1.25. The normalized spacial score (nSPS) is 11.1. The number of nitrogens with one attached hydrogen (secondary N) is 2. The van der Waals surface area contributed by atoms with Gasteiger partial charge in [0, 0.05) is 6.20 Å². The SMILES string of the molecule is Cc1ccnc(Nc2cccc(-c3ccc(C(=O)NC(C)(C)C(=O)O)s3)n2)c1. The van der Waals surface area contributed by atoms with Gasteiger partial charge in [0.1, 0.15) is 17.2 Å². The van der Waals surface area contributed by atoms with Gasteiger partial charge in [0.05, 0.1) is 15.4 Å². The minimum atomic E-state index is -1.34. The number of aryl methyl sites for hydroxylation is 1. The maximum atomic E-state index is 12.3. The quantitative estimate of drug-likeness (QED) is 0.585. The number of carbonyl (C=O) groups excluding carboxylic acids is 1. The van der Waals surface area contributed by atoms with Crippen LogP contribution in [0, 0.1) is 6.92 Å². The van der Waals surface area contributed by atoms with Gasteiger partial charge in [-0.1, -0.05) is 6.07 Å². The Morgan fingerprint density at radius 1 is 1.11 bits per heavy atom. The number of carbonyl (C=O) groups is 2. The van der Waals surface area contributed by atoms with E-state index in [1.54, 1.807) is 18.3 Å². The lowest BCUT2D eigenvalue weighted by atomic mass is 10.1. The summed E-state index contributed by atoms with van der Waals surface area (Å²) in [6.07, 6.45) is 1.73. The van der Waals surface area contributed by atoms with Crippen molar-refractivity contribution in [2.45, 2.75) is 26.3 Å². The highest BCUT2D eigenvalue weighted by Gasteiger charge is 2.29. The van der Waals surface area contributed by atoms with Crippen molar-refractivity contribution in [1.82, 2.24) is 15.3 Å². The molecule has 3 rings (SSSR count). The summed E-state index contributed by atoms with van der Waals surface area (Å²) in [5.74, 6) is -0.182. The van der Waals surface area contributed by atoms with E-state index in [0.717, 1.165) is 10.4 Å². The van der Waals surface area contributed by atoms with Crippen LogP contribution in [0.25, 0.3) is 10.6 Å². The molecule has 0 radical (unpaired) electrons. The van der Waals surface area contributed by atoms with Crippen LogP contribution in [0.5, 0.6) is 0 Å². The Hall–Kier alpha value is -3.26. The predicted molar refractivity (Wildman–Crippen MR) is 109 cm³/mol. The molecule has 0 fully saturated rings. The van der Waals surface area contributed by atoms with E-state index in [0.29, 0.717) is 22.2 Å². The molecule has 0 saturated carbocycles. The van der Waals surface area contributed by atoms with Gasteiger partial charge in [-0.15, -0.1) is 11.3 Å². The van der Waals surface area contributed by atoms with Crippen molar-refractivity contribution >= 4 is 34.8 Å². The first-order chi connectivity index (χ1) is 13.2. The summed E-state index contributed by atoms with van der Waals surface area (Å²) in [5, 5.41) is 14.8. The fourth-order valence-electron chi connectivity index (χ4n) is 2.37. The topological polar surface area (TPSA) is 104 Å². The monoisotopic (exact) mass is 396 g/mol. The third kappa shape index (κ3) is 4.52. The van der Waals surface area contributed by atoms with Crippen LogP contribution in [0.15, 0.2) is 48.7 Å². The van der Waals surface area contributed by atoms with E-state index >= 15 is 0 Å². The largest absolute Gasteiger partial charge is 0.480 e. The van der Waals surface area contributed by atoms with Crippen LogP contribution >= 0.6 is 11.3 Å². The molecular weight excluding hydrogens is 376 g/mol. The summed E-state index contributed by atoms with van der Waals surface area (Å²) in [5.41, 5.74) is 0.454. The first-order valence-electron chi connectivity index (χ1n) is 8.57. The maximum absolute atomic E-state index is 12.3. The molecule has 3 N–H and O–H groups in total. The zero-order chi connectivity index (χ0) is 20.3. The number of carboxylic acid groups (broad SMARTS) is 1. The highest BCUT2D eigenvalue weighted by atomic mass is 32.1. The van der Waals surface area contributed by atoms with Crippen molar-refractivity contribution in [2.24, 2.45) is 0 Å². The maximum Gasteiger partial charge on any atom is 0.328 e. The fraction of sp³-hybridized carbons (Fsp3) is 0.200. The lowest BCUT2D eigenvalue weighted by Gasteiger charge is -2.20. The third-order valence-corrected chi connectivity index (χ3v) is 5.07. The molecule has 0 aliphatic heterocycles. The minimum absolute atomic E-state index is 0.421. The molecular formula is C20H20N4O3S. The lowest BCUT2D eigenvalue weighted by molar-refractivity contribution is -0.143. The second-order valence-corrected chi connectivity index (χ2v) is 7.88. The van der Waals surface area contributed by atoms with Crippen LogP contribution in [-0.2, 0) is 4.79 Å². The molecule has 0 spiro atoms. The molecule has 0 aliphatic carbocycles. The van der Waals surface area contributed by atoms with Gasteiger partial charge in [-0.3, -0.25) is 4.79 Å². The Kier molecular flexibility index (Phi) is 5.41. The van der Waals surface area contributed by atoms with Gasteiger partial charge in [0.15, 0.2) is 0 Å². The Morgan fingerprint density at radius 3 is 2.61 bits per heavy atom. The average molecular weight is 396 g/mol. The molecule has 0 bridgehead atoms. The van der Waals surface area contributed by atoms with Gasteiger partial charge in [-0.25, -0.2) is 14.8 Å². The zero-order valence-corrected chi connectivity index (χ0v) is 16.5. The Bertz CT molecular complexity index is 1030. The molecule has 8 heteroatoms. The van der Waals surface area contributed by atoms with Crippen molar-refractivity contribution < 1.29 is 14.7 Å². The van der Waals surface area contributed by atoms with Crippen LogP contribution in [-0.4, -0.2) is 32.5 Å². The van der Waals surface area contributed by atoms with Crippen molar-refractivity contribution in [3.63, 3.8) is 0 Å². The van der Waals surface area contributed by atoms with E-state index in [1.165, 1.54) is 25.2 Å². The number of nitrogens with zero attached hydrogens (tertiary/aromatic N) is 2. The van der Waals surface area contributed by atoms with E-state index in [9.17, 15) is 9.59 Å². The molecule has 0 aromatic carbocycles. The molecule has 3 aromatic heterocycles. The molecule has 0 aliphatic rings. The number of rotatable bonds is 6. The molecule has 7 nitrogen and oxygen atoms in total. The van der Waals surface area contributed by atoms with Crippen LogP contribution in [0.4, 0.5) is 11.6 Å². The third-order valence-electron chi connectivity index (χ3n) is 3.96. The summed E-state index contributed by atoms with van der Waals surface area (Å²) in [7, 11) is 0. The zero-order valence-electron chi connectivity index (χ0n) is 15.7. The highest BCUT2D eigenvalue weighted by Crippen LogP contribution is 2.28. The number of aromatic nitrogens is 2. The number of aliphatic carboxylic acids is 1. The van der Waals surface area contributed by atoms with E-state index in [2.05, 4.69) is 20.6 Å². The average Bonchev–Trinajstić information content (AvgIpc) is 3.12. The van der Waals surface area contributed by atoms with Crippen LogP contribution < -0.4 is 10.6 Å². The molecule has 1 amide bonds. The summed E-state index contributed by atoms with van der Waals surface area (Å²) in [4.78, 5) is 33.6. The van der Waals surface area contributed by atoms with Crippen molar-refractivity contribution in [3.8, 4) is 10.6 Å². The first-order valence-corrected chi connectivity index (χ1v) is 9.39. The van der Waals surface area contributed by atoms with E-state index in [4.69, 9.17) is 5.11 Å². The number of thiophene rings is 1. The number of carboxylic acids is 1. The first kappa shape index (κ1) is 19.5. The Labute approximate surface area is 166 Å². The fourth-order valence-corrected chi connectivity index (χ4v) is 3.24. The second kappa shape index (κ2) is 7.77. The summed E-state index contributed by atoms with van der Waals surface area (Å²) in [6.45, 7) is 4.87. The van der Waals surface area contributed by atoms with Gasteiger partial charge in [0.2, 0.25) is 0 Å².